The number of nitro benzene ring substituents is 1. The number of fused-ring (bicyclic) bond motifs is 1. The number of benzene rings is 1. The second-order valence-electron chi connectivity index (χ2n) is 3.85. The van der Waals surface area contributed by atoms with Gasteiger partial charge in [0.1, 0.15) is 11.4 Å². The van der Waals surface area contributed by atoms with E-state index in [0.717, 1.165) is 11.8 Å². The molecule has 0 saturated heterocycles. The zero-order valence-electron chi connectivity index (χ0n) is 10.1. The number of hydrogen-bond acceptors (Lipinski definition) is 7. The number of nitro groups is 1. The molecule has 2 N–H and O–H groups in total. The number of non-ortho nitro benzene ring substituents is 1. The van der Waals surface area contributed by atoms with Crippen molar-refractivity contribution in [3.05, 3.63) is 34.6 Å². The van der Waals surface area contributed by atoms with E-state index in [0.29, 0.717) is 15.9 Å². The highest BCUT2D eigenvalue weighted by molar-refractivity contribution is 8.00. The van der Waals surface area contributed by atoms with Crippen LogP contribution in [-0.4, -0.2) is 34.8 Å². The van der Waals surface area contributed by atoms with E-state index >= 15 is 0 Å². The minimum absolute atomic E-state index is 0.0689. The molecule has 0 amide bonds. The Morgan fingerprint density at radius 3 is 2.75 bits per heavy atom. The Kier molecular flexibility index (Phi) is 4.16. The summed E-state index contributed by atoms with van der Waals surface area (Å²) in [7, 11) is -3.54. The Labute approximate surface area is 118 Å². The molecule has 0 saturated carbocycles. The lowest BCUT2D eigenvalue weighted by molar-refractivity contribution is -0.384. The molecule has 0 aliphatic rings. The van der Waals surface area contributed by atoms with E-state index in [1.807, 2.05) is 0 Å². The van der Waals surface area contributed by atoms with Gasteiger partial charge in [-0.25, -0.2) is 23.5 Å². The smallest absolute Gasteiger partial charge is 0.258 e. The van der Waals surface area contributed by atoms with Crippen LogP contribution in [0.25, 0.3) is 10.9 Å². The number of primary sulfonamides is 1. The first-order valence-electron chi connectivity index (χ1n) is 5.39. The molecule has 1 heterocycles. The van der Waals surface area contributed by atoms with E-state index in [9.17, 15) is 18.5 Å². The standard InChI is InChI=1S/C10H10N4O4S2/c11-20(17,18)4-3-19-10-8-5-7(14(15)16)1-2-9(8)12-6-13-10/h1-2,5-6H,3-4H2,(H2,11,17,18). The monoisotopic (exact) mass is 314 g/mol. The summed E-state index contributed by atoms with van der Waals surface area (Å²) in [5, 5.41) is 16.7. The first-order chi connectivity index (χ1) is 9.37. The van der Waals surface area contributed by atoms with E-state index in [1.54, 1.807) is 0 Å². The molecule has 0 fully saturated rings. The van der Waals surface area contributed by atoms with Gasteiger partial charge < -0.3 is 0 Å². The van der Waals surface area contributed by atoms with Gasteiger partial charge in [-0.15, -0.1) is 11.8 Å². The summed E-state index contributed by atoms with van der Waals surface area (Å²) in [6.07, 6.45) is 1.33. The molecule has 20 heavy (non-hydrogen) atoms. The number of thioether (sulfide) groups is 1. The Hall–Kier alpha value is -1.78. The summed E-state index contributed by atoms with van der Waals surface area (Å²) in [6.45, 7) is 0. The third kappa shape index (κ3) is 3.62. The molecule has 0 radical (unpaired) electrons. The van der Waals surface area contributed by atoms with Crippen LogP contribution in [-0.2, 0) is 10.0 Å². The minimum atomic E-state index is -3.54. The fraction of sp³-hybridized carbons (Fsp3) is 0.200. The van der Waals surface area contributed by atoms with Crippen molar-refractivity contribution < 1.29 is 13.3 Å². The summed E-state index contributed by atoms with van der Waals surface area (Å²) in [5.74, 6) is 0.0196. The number of aromatic nitrogens is 2. The minimum Gasteiger partial charge on any atom is -0.258 e. The Balaban J connectivity index is 2.32. The first kappa shape index (κ1) is 14.6. The van der Waals surface area contributed by atoms with Gasteiger partial charge in [-0.3, -0.25) is 10.1 Å². The Bertz CT molecular complexity index is 763. The number of hydrogen-bond donors (Lipinski definition) is 1. The van der Waals surface area contributed by atoms with E-state index in [2.05, 4.69) is 9.97 Å². The summed E-state index contributed by atoms with van der Waals surface area (Å²) in [6, 6.07) is 4.25. The average molecular weight is 314 g/mol. The molecule has 10 heteroatoms. The van der Waals surface area contributed by atoms with Crippen molar-refractivity contribution in [2.45, 2.75) is 5.03 Å². The molecule has 0 unspecified atom stereocenters. The molecule has 1 aromatic carbocycles. The molecule has 1 aromatic heterocycles. The molecule has 106 valence electrons. The maximum Gasteiger partial charge on any atom is 0.270 e. The van der Waals surface area contributed by atoms with Crippen LogP contribution in [0.1, 0.15) is 0 Å². The molecule has 0 bridgehead atoms. The van der Waals surface area contributed by atoms with Crippen LogP contribution >= 0.6 is 11.8 Å². The third-order valence-electron chi connectivity index (χ3n) is 2.40. The molecular formula is C10H10N4O4S2. The van der Waals surface area contributed by atoms with Gasteiger partial charge in [-0.2, -0.15) is 0 Å². The van der Waals surface area contributed by atoms with Gasteiger partial charge >= 0.3 is 0 Å². The van der Waals surface area contributed by atoms with Crippen LogP contribution in [0.2, 0.25) is 0 Å². The van der Waals surface area contributed by atoms with Crippen molar-refractivity contribution in [3.63, 3.8) is 0 Å². The van der Waals surface area contributed by atoms with Crippen molar-refractivity contribution in [2.75, 3.05) is 11.5 Å². The summed E-state index contributed by atoms with van der Waals surface area (Å²) in [5.41, 5.74) is 0.490. The highest BCUT2D eigenvalue weighted by Crippen LogP contribution is 2.27. The number of rotatable bonds is 5. The largest absolute Gasteiger partial charge is 0.270 e. The van der Waals surface area contributed by atoms with Crippen molar-refractivity contribution in [3.8, 4) is 0 Å². The average Bonchev–Trinajstić information content (AvgIpc) is 2.37. The predicted molar refractivity (Wildman–Crippen MR) is 74.9 cm³/mol. The van der Waals surface area contributed by atoms with Gasteiger partial charge in [0.2, 0.25) is 10.0 Å². The molecule has 8 nitrogen and oxygen atoms in total. The first-order valence-corrected chi connectivity index (χ1v) is 8.09. The number of nitrogens with zero attached hydrogens (tertiary/aromatic N) is 3. The second-order valence-corrected chi connectivity index (χ2v) is 6.67. The SMILES string of the molecule is NS(=O)(=O)CCSc1ncnc2ccc([N+](=O)[O-])cc12. The van der Waals surface area contributed by atoms with Gasteiger partial charge in [-0.1, -0.05) is 0 Å². The number of nitrogens with two attached hydrogens (primary N) is 1. The lowest BCUT2D eigenvalue weighted by atomic mass is 10.2. The lowest BCUT2D eigenvalue weighted by Gasteiger charge is -2.04. The Morgan fingerprint density at radius 1 is 1.35 bits per heavy atom. The van der Waals surface area contributed by atoms with Crippen molar-refractivity contribution in [1.82, 2.24) is 9.97 Å². The summed E-state index contributed by atoms with van der Waals surface area (Å²) < 4.78 is 21.7. The maximum absolute atomic E-state index is 10.9. The van der Waals surface area contributed by atoms with E-state index < -0.39 is 14.9 Å². The van der Waals surface area contributed by atoms with E-state index in [4.69, 9.17) is 5.14 Å². The zero-order valence-corrected chi connectivity index (χ0v) is 11.7. The van der Waals surface area contributed by atoms with E-state index in [1.165, 1.54) is 24.5 Å². The third-order valence-corrected chi connectivity index (χ3v) is 4.44. The van der Waals surface area contributed by atoms with Crippen LogP contribution < -0.4 is 5.14 Å². The normalized spacial score (nSPS) is 11.7. The highest BCUT2D eigenvalue weighted by Gasteiger charge is 2.12. The van der Waals surface area contributed by atoms with E-state index in [-0.39, 0.29) is 17.2 Å². The predicted octanol–water partition coefficient (Wildman–Crippen LogP) is 0.919. The van der Waals surface area contributed by atoms with Crippen LogP contribution in [0.4, 0.5) is 5.69 Å². The van der Waals surface area contributed by atoms with Crippen molar-refractivity contribution >= 4 is 38.4 Å². The topological polar surface area (TPSA) is 129 Å². The summed E-state index contributed by atoms with van der Waals surface area (Å²) >= 11 is 1.16. The van der Waals surface area contributed by atoms with Gasteiger partial charge in [0.25, 0.3) is 5.69 Å². The fourth-order valence-corrected chi connectivity index (χ4v) is 3.40. The highest BCUT2D eigenvalue weighted by atomic mass is 32.2. The molecular weight excluding hydrogens is 304 g/mol. The van der Waals surface area contributed by atoms with Crippen molar-refractivity contribution in [1.29, 1.82) is 0 Å². The summed E-state index contributed by atoms with van der Waals surface area (Å²) in [4.78, 5) is 18.3. The molecule has 0 aliphatic carbocycles. The van der Waals surface area contributed by atoms with Gasteiger partial charge in [0.05, 0.1) is 16.2 Å². The fourth-order valence-electron chi connectivity index (χ4n) is 1.50. The maximum atomic E-state index is 10.9. The quantitative estimate of drug-likeness (QED) is 0.376. The lowest BCUT2D eigenvalue weighted by Crippen LogP contribution is -2.17. The van der Waals surface area contributed by atoms with Crippen LogP contribution in [0.5, 0.6) is 0 Å². The van der Waals surface area contributed by atoms with Gasteiger partial charge in [0.15, 0.2) is 0 Å². The molecule has 2 aromatic rings. The van der Waals surface area contributed by atoms with Crippen LogP contribution in [0, 0.1) is 10.1 Å². The molecule has 0 aliphatic heterocycles. The molecule has 0 spiro atoms. The number of sulfonamides is 1. The van der Waals surface area contributed by atoms with Gasteiger partial charge in [0, 0.05) is 23.3 Å². The van der Waals surface area contributed by atoms with Crippen molar-refractivity contribution in [2.24, 2.45) is 5.14 Å². The van der Waals surface area contributed by atoms with Crippen LogP contribution in [0.15, 0.2) is 29.6 Å². The second kappa shape index (κ2) is 5.69. The molecule has 2 rings (SSSR count). The Morgan fingerprint density at radius 2 is 2.10 bits per heavy atom. The zero-order chi connectivity index (χ0) is 14.8. The van der Waals surface area contributed by atoms with Gasteiger partial charge in [-0.05, 0) is 6.07 Å². The van der Waals surface area contributed by atoms with Crippen LogP contribution in [0.3, 0.4) is 0 Å². The molecule has 0 atom stereocenters.